The van der Waals surface area contributed by atoms with Crippen LogP contribution in [0, 0.1) is 12.7 Å². The van der Waals surface area contributed by atoms with Crippen LogP contribution in [0.25, 0.3) is 11.3 Å². The van der Waals surface area contributed by atoms with Crippen molar-refractivity contribution in [1.29, 1.82) is 0 Å². The van der Waals surface area contributed by atoms with Gasteiger partial charge in [-0.3, -0.25) is 4.98 Å². The molecule has 0 spiro atoms. The van der Waals surface area contributed by atoms with Crippen LogP contribution >= 0.6 is 11.6 Å². The smallest absolute Gasteiger partial charge is 0.465 e. The first-order chi connectivity index (χ1) is 14.6. The standard InChI is InChI=1S/C22H16ClF4NO3/c1-12-3-4-14(8-19(12)24)20-9-15(17(11-28-20)21(29)30-2)7-13-5-6-16(10-18(13)23)31-22(25,26)27/h3-6,8-11H,7H2,1-2H3. The van der Waals surface area contributed by atoms with Crippen molar-refractivity contribution in [3.8, 4) is 17.0 Å². The second kappa shape index (κ2) is 8.93. The number of halogens is 5. The summed E-state index contributed by atoms with van der Waals surface area (Å²) in [5, 5.41) is 0.0253. The number of methoxy groups -OCH3 is 1. The van der Waals surface area contributed by atoms with Gasteiger partial charge < -0.3 is 9.47 Å². The van der Waals surface area contributed by atoms with Crippen molar-refractivity contribution < 1.29 is 31.8 Å². The van der Waals surface area contributed by atoms with Gasteiger partial charge in [-0.2, -0.15) is 0 Å². The Hall–Kier alpha value is -3.13. The van der Waals surface area contributed by atoms with Crippen LogP contribution in [0.2, 0.25) is 5.02 Å². The van der Waals surface area contributed by atoms with Crippen LogP contribution < -0.4 is 4.74 Å². The minimum Gasteiger partial charge on any atom is -0.465 e. The highest BCUT2D eigenvalue weighted by atomic mass is 35.5. The Labute approximate surface area is 180 Å². The first-order valence-electron chi connectivity index (χ1n) is 8.95. The molecule has 0 amide bonds. The van der Waals surface area contributed by atoms with Crippen LogP contribution in [-0.2, 0) is 11.2 Å². The number of nitrogens with zero attached hydrogens (tertiary/aromatic N) is 1. The maximum absolute atomic E-state index is 14.0. The number of aromatic nitrogens is 1. The van der Waals surface area contributed by atoms with Gasteiger partial charge in [0.05, 0.1) is 18.4 Å². The lowest BCUT2D eigenvalue weighted by Crippen LogP contribution is -2.17. The number of rotatable bonds is 5. The third kappa shape index (κ3) is 5.52. The molecule has 3 aromatic rings. The summed E-state index contributed by atoms with van der Waals surface area (Å²) in [5.74, 6) is -1.50. The van der Waals surface area contributed by atoms with E-state index in [2.05, 4.69) is 9.72 Å². The fourth-order valence-corrected chi connectivity index (χ4v) is 3.16. The summed E-state index contributed by atoms with van der Waals surface area (Å²) >= 11 is 6.14. The number of alkyl halides is 3. The lowest BCUT2D eigenvalue weighted by molar-refractivity contribution is -0.274. The number of hydrogen-bond acceptors (Lipinski definition) is 4. The third-order valence-corrected chi connectivity index (χ3v) is 4.85. The molecule has 0 saturated heterocycles. The van der Waals surface area contributed by atoms with E-state index in [-0.39, 0.29) is 17.0 Å². The quantitative estimate of drug-likeness (QED) is 0.344. The van der Waals surface area contributed by atoms with E-state index in [9.17, 15) is 22.4 Å². The molecule has 2 aromatic carbocycles. The van der Waals surface area contributed by atoms with Crippen LogP contribution in [-0.4, -0.2) is 24.4 Å². The van der Waals surface area contributed by atoms with Gasteiger partial charge in [-0.15, -0.1) is 13.2 Å². The van der Waals surface area contributed by atoms with Gasteiger partial charge in [-0.05, 0) is 54.3 Å². The van der Waals surface area contributed by atoms with Crippen LogP contribution in [0.1, 0.15) is 27.0 Å². The SMILES string of the molecule is COC(=O)c1cnc(-c2ccc(C)c(F)c2)cc1Cc1ccc(OC(F)(F)F)cc1Cl. The Morgan fingerprint density at radius 3 is 2.45 bits per heavy atom. The molecule has 0 saturated carbocycles. The molecule has 0 aliphatic carbocycles. The van der Waals surface area contributed by atoms with Crippen molar-refractivity contribution in [2.45, 2.75) is 19.7 Å². The molecule has 0 radical (unpaired) electrons. The van der Waals surface area contributed by atoms with Gasteiger partial charge in [0.1, 0.15) is 11.6 Å². The molecular weight excluding hydrogens is 438 g/mol. The number of aryl methyl sites for hydroxylation is 1. The van der Waals surface area contributed by atoms with Gasteiger partial charge in [0.2, 0.25) is 0 Å². The molecular formula is C22H16ClF4NO3. The first-order valence-corrected chi connectivity index (χ1v) is 9.33. The van der Waals surface area contributed by atoms with E-state index in [0.717, 1.165) is 12.1 Å². The Kier molecular flexibility index (Phi) is 6.50. The van der Waals surface area contributed by atoms with Crippen molar-refractivity contribution in [3.63, 3.8) is 0 Å². The molecule has 1 aromatic heterocycles. The predicted octanol–water partition coefficient (Wildman–Crippen LogP) is 6.13. The lowest BCUT2D eigenvalue weighted by Gasteiger charge is -2.13. The fraction of sp³-hybridized carbons (Fsp3) is 0.182. The first kappa shape index (κ1) is 22.6. The maximum Gasteiger partial charge on any atom is 0.573 e. The fourth-order valence-electron chi connectivity index (χ4n) is 2.92. The maximum atomic E-state index is 14.0. The van der Waals surface area contributed by atoms with Crippen molar-refractivity contribution in [3.05, 3.63) is 81.8 Å². The van der Waals surface area contributed by atoms with Crippen LogP contribution in [0.3, 0.4) is 0 Å². The number of carbonyl (C=O) groups is 1. The van der Waals surface area contributed by atoms with Crippen molar-refractivity contribution >= 4 is 17.6 Å². The highest BCUT2D eigenvalue weighted by Crippen LogP contribution is 2.30. The van der Waals surface area contributed by atoms with Crippen molar-refractivity contribution in [2.75, 3.05) is 7.11 Å². The molecule has 0 bridgehead atoms. The van der Waals surface area contributed by atoms with Gasteiger partial charge in [0.25, 0.3) is 0 Å². The largest absolute Gasteiger partial charge is 0.573 e. The van der Waals surface area contributed by atoms with Gasteiger partial charge in [-0.25, -0.2) is 9.18 Å². The average Bonchev–Trinajstić information content (AvgIpc) is 2.70. The van der Waals surface area contributed by atoms with E-state index in [1.807, 2.05) is 0 Å². The minimum atomic E-state index is -4.84. The molecule has 162 valence electrons. The van der Waals surface area contributed by atoms with Crippen LogP contribution in [0.4, 0.5) is 17.6 Å². The monoisotopic (exact) mass is 453 g/mol. The molecule has 0 fully saturated rings. The van der Waals surface area contributed by atoms with Gasteiger partial charge in [-0.1, -0.05) is 29.8 Å². The van der Waals surface area contributed by atoms with Gasteiger partial charge in [0, 0.05) is 16.8 Å². The molecule has 31 heavy (non-hydrogen) atoms. The van der Waals surface area contributed by atoms with E-state index in [1.54, 1.807) is 25.1 Å². The summed E-state index contributed by atoms with van der Waals surface area (Å²) in [4.78, 5) is 16.4. The molecule has 9 heteroatoms. The Balaban J connectivity index is 2.00. The van der Waals surface area contributed by atoms with E-state index in [4.69, 9.17) is 16.3 Å². The minimum absolute atomic E-state index is 0.0253. The molecule has 0 atom stereocenters. The number of pyridine rings is 1. The topological polar surface area (TPSA) is 48.4 Å². The van der Waals surface area contributed by atoms with Gasteiger partial charge >= 0.3 is 12.3 Å². The van der Waals surface area contributed by atoms with E-state index < -0.39 is 23.9 Å². The molecule has 0 N–H and O–H groups in total. The number of carbonyl (C=O) groups excluding carboxylic acids is 1. The zero-order valence-corrected chi connectivity index (χ0v) is 17.1. The molecule has 1 heterocycles. The van der Waals surface area contributed by atoms with E-state index in [1.165, 1.54) is 25.4 Å². The molecule has 0 aliphatic heterocycles. The lowest BCUT2D eigenvalue weighted by atomic mass is 9.98. The Morgan fingerprint density at radius 1 is 1.10 bits per heavy atom. The zero-order valence-electron chi connectivity index (χ0n) is 16.4. The Morgan fingerprint density at radius 2 is 1.84 bits per heavy atom. The summed E-state index contributed by atoms with van der Waals surface area (Å²) in [6.45, 7) is 1.63. The van der Waals surface area contributed by atoms with E-state index >= 15 is 0 Å². The van der Waals surface area contributed by atoms with Crippen molar-refractivity contribution in [2.24, 2.45) is 0 Å². The van der Waals surface area contributed by atoms with Gasteiger partial charge in [0.15, 0.2) is 0 Å². The highest BCUT2D eigenvalue weighted by Gasteiger charge is 2.31. The zero-order chi connectivity index (χ0) is 22.8. The molecule has 0 aliphatic rings. The second-order valence-corrected chi connectivity index (χ2v) is 7.07. The summed E-state index contributed by atoms with van der Waals surface area (Å²) in [7, 11) is 1.21. The number of esters is 1. The van der Waals surface area contributed by atoms with Crippen LogP contribution in [0.5, 0.6) is 5.75 Å². The average molecular weight is 454 g/mol. The predicted molar refractivity (Wildman–Crippen MR) is 107 cm³/mol. The Bertz CT molecular complexity index is 1130. The summed E-state index contributed by atoms with van der Waals surface area (Å²) in [5.41, 5.74) is 2.46. The third-order valence-electron chi connectivity index (χ3n) is 4.50. The normalized spacial score (nSPS) is 11.3. The summed E-state index contributed by atoms with van der Waals surface area (Å²) < 4.78 is 59.8. The van der Waals surface area contributed by atoms with E-state index in [0.29, 0.717) is 27.9 Å². The number of benzene rings is 2. The number of ether oxygens (including phenoxy) is 2. The summed E-state index contributed by atoms with van der Waals surface area (Å²) in [6.07, 6.45) is -3.44. The second-order valence-electron chi connectivity index (χ2n) is 6.66. The highest BCUT2D eigenvalue weighted by molar-refractivity contribution is 6.31. The summed E-state index contributed by atoms with van der Waals surface area (Å²) in [6, 6.07) is 9.76. The molecule has 3 rings (SSSR count). The molecule has 0 unspecified atom stereocenters. The van der Waals surface area contributed by atoms with Crippen molar-refractivity contribution in [1.82, 2.24) is 4.98 Å². The number of hydrogen-bond donors (Lipinski definition) is 0. The molecule has 4 nitrogen and oxygen atoms in total. The van der Waals surface area contributed by atoms with Crippen LogP contribution in [0.15, 0.2) is 48.7 Å².